The zero-order chi connectivity index (χ0) is 10.8. The molecule has 2 aromatic rings. The molecular weight excluding hydrogens is 252 g/mol. The highest BCUT2D eigenvalue weighted by Gasteiger charge is 2.09. The maximum atomic E-state index is 4.63. The summed E-state index contributed by atoms with van der Waals surface area (Å²) >= 11 is 3.63. The van der Waals surface area contributed by atoms with Crippen LogP contribution in [0.1, 0.15) is 31.2 Å². The van der Waals surface area contributed by atoms with E-state index >= 15 is 0 Å². The smallest absolute Gasteiger partial charge is 0.138 e. The SMILES string of the molecule is CCCCc1nc2cccc(C)n2c1Br. The van der Waals surface area contributed by atoms with Gasteiger partial charge in [0.15, 0.2) is 0 Å². The van der Waals surface area contributed by atoms with Gasteiger partial charge in [0.25, 0.3) is 0 Å². The fourth-order valence-electron chi connectivity index (χ4n) is 1.76. The van der Waals surface area contributed by atoms with Gasteiger partial charge in [-0.05, 0) is 47.8 Å². The van der Waals surface area contributed by atoms with E-state index in [-0.39, 0.29) is 0 Å². The number of rotatable bonds is 3. The molecule has 0 radical (unpaired) electrons. The molecule has 2 nitrogen and oxygen atoms in total. The van der Waals surface area contributed by atoms with Crippen LogP contribution >= 0.6 is 15.9 Å². The van der Waals surface area contributed by atoms with Crippen molar-refractivity contribution in [3.63, 3.8) is 0 Å². The topological polar surface area (TPSA) is 17.3 Å². The van der Waals surface area contributed by atoms with Crippen molar-refractivity contribution in [3.8, 4) is 0 Å². The number of aryl methyl sites for hydroxylation is 2. The summed E-state index contributed by atoms with van der Waals surface area (Å²) in [4.78, 5) is 4.63. The maximum Gasteiger partial charge on any atom is 0.138 e. The molecule has 0 atom stereocenters. The molecule has 80 valence electrons. The summed E-state index contributed by atoms with van der Waals surface area (Å²) in [6.07, 6.45) is 3.46. The van der Waals surface area contributed by atoms with E-state index in [0.717, 1.165) is 16.7 Å². The second kappa shape index (κ2) is 4.35. The first-order valence-electron chi connectivity index (χ1n) is 5.36. The van der Waals surface area contributed by atoms with E-state index < -0.39 is 0 Å². The highest BCUT2D eigenvalue weighted by atomic mass is 79.9. The number of hydrogen-bond acceptors (Lipinski definition) is 1. The number of nitrogens with zero attached hydrogens (tertiary/aromatic N) is 2. The molecule has 0 unspecified atom stereocenters. The minimum absolute atomic E-state index is 1.04. The third-order valence-corrected chi connectivity index (χ3v) is 3.43. The van der Waals surface area contributed by atoms with E-state index in [9.17, 15) is 0 Å². The van der Waals surface area contributed by atoms with Crippen LogP contribution in [-0.4, -0.2) is 9.38 Å². The largest absolute Gasteiger partial charge is 0.291 e. The van der Waals surface area contributed by atoms with Gasteiger partial charge in [-0.15, -0.1) is 0 Å². The van der Waals surface area contributed by atoms with Gasteiger partial charge in [-0.25, -0.2) is 4.98 Å². The van der Waals surface area contributed by atoms with Crippen LogP contribution < -0.4 is 0 Å². The van der Waals surface area contributed by atoms with Crippen LogP contribution in [0, 0.1) is 6.92 Å². The van der Waals surface area contributed by atoms with Gasteiger partial charge in [0.05, 0.1) is 5.69 Å². The molecule has 0 aromatic carbocycles. The normalized spacial score (nSPS) is 11.1. The number of pyridine rings is 1. The van der Waals surface area contributed by atoms with Gasteiger partial charge in [-0.3, -0.25) is 4.40 Å². The summed E-state index contributed by atoms with van der Waals surface area (Å²) < 4.78 is 3.27. The first-order chi connectivity index (χ1) is 7.24. The molecule has 2 rings (SSSR count). The number of unbranched alkanes of at least 4 members (excludes halogenated alkanes) is 1. The fraction of sp³-hybridized carbons (Fsp3) is 0.417. The minimum atomic E-state index is 1.04. The van der Waals surface area contributed by atoms with E-state index in [1.165, 1.54) is 24.2 Å². The maximum absolute atomic E-state index is 4.63. The molecule has 15 heavy (non-hydrogen) atoms. The van der Waals surface area contributed by atoms with Gasteiger partial charge < -0.3 is 0 Å². The standard InChI is InChI=1S/C12H15BrN2/c1-3-4-7-10-12(13)15-9(2)6-5-8-11(15)14-10/h5-6,8H,3-4,7H2,1-2H3. The Labute approximate surface area is 98.5 Å². The van der Waals surface area contributed by atoms with E-state index in [4.69, 9.17) is 0 Å². The van der Waals surface area contributed by atoms with Crippen LogP contribution in [0.5, 0.6) is 0 Å². The molecule has 0 aliphatic heterocycles. The highest BCUT2D eigenvalue weighted by Crippen LogP contribution is 2.22. The van der Waals surface area contributed by atoms with Crippen molar-refractivity contribution < 1.29 is 0 Å². The third-order valence-electron chi connectivity index (χ3n) is 2.62. The number of hydrogen-bond donors (Lipinski definition) is 0. The van der Waals surface area contributed by atoms with Gasteiger partial charge >= 0.3 is 0 Å². The summed E-state index contributed by atoms with van der Waals surface area (Å²) in [5.74, 6) is 0. The number of halogens is 1. The Morgan fingerprint density at radius 3 is 2.87 bits per heavy atom. The van der Waals surface area contributed by atoms with E-state index in [1.54, 1.807) is 0 Å². The minimum Gasteiger partial charge on any atom is -0.291 e. The summed E-state index contributed by atoms with van der Waals surface area (Å²) in [6.45, 7) is 4.30. The average molecular weight is 267 g/mol. The Kier molecular flexibility index (Phi) is 3.10. The van der Waals surface area contributed by atoms with Crippen molar-refractivity contribution in [1.82, 2.24) is 9.38 Å². The Balaban J connectivity index is 2.50. The third kappa shape index (κ3) is 1.93. The van der Waals surface area contributed by atoms with Gasteiger partial charge in [-0.1, -0.05) is 19.4 Å². The molecule has 0 amide bonds. The lowest BCUT2D eigenvalue weighted by Gasteiger charge is -2.00. The molecule has 0 N–H and O–H groups in total. The fourth-order valence-corrected chi connectivity index (χ4v) is 2.51. The molecule has 2 heterocycles. The molecule has 0 fully saturated rings. The Bertz CT molecular complexity index is 474. The van der Waals surface area contributed by atoms with Crippen LogP contribution in [0.4, 0.5) is 0 Å². The van der Waals surface area contributed by atoms with Crippen molar-refractivity contribution >= 4 is 21.6 Å². The monoisotopic (exact) mass is 266 g/mol. The van der Waals surface area contributed by atoms with Gasteiger partial charge in [0.1, 0.15) is 10.3 Å². The predicted octanol–water partition coefficient (Wildman–Crippen LogP) is 3.75. The van der Waals surface area contributed by atoms with Crippen molar-refractivity contribution in [2.75, 3.05) is 0 Å². The van der Waals surface area contributed by atoms with E-state index in [0.29, 0.717) is 0 Å². The molecule has 0 spiro atoms. The van der Waals surface area contributed by atoms with Crippen LogP contribution in [0.15, 0.2) is 22.8 Å². The summed E-state index contributed by atoms with van der Waals surface area (Å²) in [6, 6.07) is 6.20. The predicted molar refractivity (Wildman–Crippen MR) is 66.2 cm³/mol. The second-order valence-electron chi connectivity index (χ2n) is 3.81. The van der Waals surface area contributed by atoms with Crippen molar-refractivity contribution in [2.45, 2.75) is 33.1 Å². The quantitative estimate of drug-likeness (QED) is 0.827. The Morgan fingerprint density at radius 1 is 1.40 bits per heavy atom. The molecule has 0 aliphatic carbocycles. The second-order valence-corrected chi connectivity index (χ2v) is 4.56. The molecule has 0 saturated carbocycles. The van der Waals surface area contributed by atoms with Crippen LogP contribution in [0.3, 0.4) is 0 Å². The molecule has 0 saturated heterocycles. The lowest BCUT2D eigenvalue weighted by Crippen LogP contribution is -1.90. The van der Waals surface area contributed by atoms with E-state index in [1.807, 2.05) is 12.1 Å². The Hall–Kier alpha value is -0.830. The first-order valence-corrected chi connectivity index (χ1v) is 6.15. The molecular formula is C12H15BrN2. The van der Waals surface area contributed by atoms with Gasteiger partial charge in [0, 0.05) is 5.69 Å². The molecule has 3 heteroatoms. The summed E-state index contributed by atoms with van der Waals surface area (Å²) in [5, 5.41) is 0. The highest BCUT2D eigenvalue weighted by molar-refractivity contribution is 9.10. The molecule has 0 bridgehead atoms. The number of aromatic nitrogens is 2. The summed E-state index contributed by atoms with van der Waals surface area (Å²) in [5.41, 5.74) is 3.42. The lowest BCUT2D eigenvalue weighted by molar-refractivity contribution is 0.778. The van der Waals surface area contributed by atoms with Crippen molar-refractivity contribution in [3.05, 3.63) is 34.2 Å². The van der Waals surface area contributed by atoms with E-state index in [2.05, 4.69) is 45.2 Å². The van der Waals surface area contributed by atoms with Crippen LogP contribution in [0.2, 0.25) is 0 Å². The van der Waals surface area contributed by atoms with Gasteiger partial charge in [-0.2, -0.15) is 0 Å². The lowest BCUT2D eigenvalue weighted by atomic mass is 10.2. The van der Waals surface area contributed by atoms with Crippen molar-refractivity contribution in [2.24, 2.45) is 0 Å². The first kappa shape index (κ1) is 10.7. The Morgan fingerprint density at radius 2 is 2.20 bits per heavy atom. The van der Waals surface area contributed by atoms with Gasteiger partial charge in [0.2, 0.25) is 0 Å². The zero-order valence-electron chi connectivity index (χ0n) is 9.13. The number of imidazole rings is 1. The van der Waals surface area contributed by atoms with Crippen molar-refractivity contribution in [1.29, 1.82) is 0 Å². The summed E-state index contributed by atoms with van der Waals surface area (Å²) in [7, 11) is 0. The zero-order valence-corrected chi connectivity index (χ0v) is 10.7. The van der Waals surface area contributed by atoms with Crippen LogP contribution in [0.25, 0.3) is 5.65 Å². The number of fused-ring (bicyclic) bond motifs is 1. The molecule has 0 aliphatic rings. The molecule has 2 aromatic heterocycles. The average Bonchev–Trinajstić information content (AvgIpc) is 2.54. The van der Waals surface area contributed by atoms with Crippen LogP contribution in [-0.2, 0) is 6.42 Å².